The van der Waals surface area contributed by atoms with Crippen LogP contribution in [0.3, 0.4) is 0 Å². The topological polar surface area (TPSA) is 77.2 Å². The first kappa shape index (κ1) is 9.12. The molecule has 0 aliphatic rings. The van der Waals surface area contributed by atoms with Gasteiger partial charge in [0.05, 0.1) is 5.69 Å². The maximum Gasteiger partial charge on any atom is 0.152 e. The van der Waals surface area contributed by atoms with Crippen LogP contribution in [-0.4, -0.2) is 18.9 Å². The molecule has 0 heterocycles. The first-order valence-electron chi connectivity index (χ1n) is 3.52. The molecule has 4 nitrogen and oxygen atoms in total. The number of carbonyl (C=O) groups is 3. The molecular weight excluding hydrogens is 170 g/mol. The number of nitrogen functional groups attached to an aromatic ring is 1. The Labute approximate surface area is 74.4 Å². The quantitative estimate of drug-likeness (QED) is 0.544. The van der Waals surface area contributed by atoms with Crippen molar-refractivity contribution in [2.24, 2.45) is 0 Å². The van der Waals surface area contributed by atoms with Gasteiger partial charge in [-0.05, 0) is 12.1 Å². The van der Waals surface area contributed by atoms with Gasteiger partial charge < -0.3 is 5.73 Å². The third-order valence-corrected chi connectivity index (χ3v) is 1.66. The van der Waals surface area contributed by atoms with E-state index in [1.54, 1.807) is 0 Å². The lowest BCUT2D eigenvalue weighted by atomic mass is 10.1. The third-order valence-electron chi connectivity index (χ3n) is 1.66. The molecule has 2 N–H and O–H groups in total. The zero-order chi connectivity index (χ0) is 9.84. The predicted octanol–water partition coefficient (Wildman–Crippen LogP) is 0.706. The van der Waals surface area contributed by atoms with Gasteiger partial charge in [-0.3, -0.25) is 14.4 Å². The van der Waals surface area contributed by atoms with E-state index in [-0.39, 0.29) is 22.4 Å². The van der Waals surface area contributed by atoms with Crippen LogP contribution in [0.2, 0.25) is 0 Å². The Bertz CT molecular complexity index is 342. The van der Waals surface area contributed by atoms with E-state index in [1.165, 1.54) is 12.1 Å². The van der Waals surface area contributed by atoms with Crippen molar-refractivity contribution in [1.82, 2.24) is 0 Å². The molecule has 0 spiro atoms. The lowest BCUT2D eigenvalue weighted by Gasteiger charge is -2.02. The fraction of sp³-hybridized carbons (Fsp3) is 0. The Morgan fingerprint density at radius 1 is 0.923 bits per heavy atom. The van der Waals surface area contributed by atoms with Gasteiger partial charge in [-0.15, -0.1) is 0 Å². The highest BCUT2D eigenvalue weighted by Crippen LogP contribution is 2.16. The molecule has 4 heteroatoms. The third kappa shape index (κ3) is 1.61. The van der Waals surface area contributed by atoms with Crippen LogP contribution in [0.1, 0.15) is 31.1 Å². The second kappa shape index (κ2) is 3.62. The first-order chi connectivity index (χ1) is 6.22. The zero-order valence-electron chi connectivity index (χ0n) is 6.69. The molecule has 0 amide bonds. The van der Waals surface area contributed by atoms with Crippen molar-refractivity contribution in [3.8, 4) is 0 Å². The Morgan fingerprint density at radius 2 is 1.38 bits per heavy atom. The van der Waals surface area contributed by atoms with Gasteiger partial charge in [0.2, 0.25) is 0 Å². The van der Waals surface area contributed by atoms with Crippen LogP contribution in [0.15, 0.2) is 12.1 Å². The van der Waals surface area contributed by atoms with Crippen molar-refractivity contribution in [2.45, 2.75) is 0 Å². The Morgan fingerprint density at radius 3 is 1.69 bits per heavy atom. The van der Waals surface area contributed by atoms with Crippen molar-refractivity contribution in [1.29, 1.82) is 0 Å². The number of nitrogens with two attached hydrogens (primary N) is 1. The van der Waals surface area contributed by atoms with E-state index in [1.807, 2.05) is 0 Å². The minimum atomic E-state index is 0.107. The van der Waals surface area contributed by atoms with Gasteiger partial charge in [-0.1, -0.05) is 0 Å². The lowest BCUT2D eigenvalue weighted by Crippen LogP contribution is -2.00. The summed E-state index contributed by atoms with van der Waals surface area (Å²) in [5.74, 6) is 0. The van der Waals surface area contributed by atoms with Crippen molar-refractivity contribution >= 4 is 24.5 Å². The Hall–Kier alpha value is -1.97. The van der Waals surface area contributed by atoms with Crippen molar-refractivity contribution in [2.75, 3.05) is 5.73 Å². The second-order valence-electron chi connectivity index (χ2n) is 2.47. The highest BCUT2D eigenvalue weighted by Gasteiger charge is 2.06. The predicted molar refractivity (Wildman–Crippen MR) is 47.0 cm³/mol. The average Bonchev–Trinajstić information content (AvgIpc) is 2.18. The van der Waals surface area contributed by atoms with Gasteiger partial charge in [-0.25, -0.2) is 0 Å². The van der Waals surface area contributed by atoms with Crippen LogP contribution in [0, 0.1) is 0 Å². The summed E-state index contributed by atoms with van der Waals surface area (Å²) >= 11 is 0. The van der Waals surface area contributed by atoms with E-state index in [2.05, 4.69) is 0 Å². The van der Waals surface area contributed by atoms with E-state index in [9.17, 15) is 14.4 Å². The molecule has 0 bridgehead atoms. The van der Waals surface area contributed by atoms with Crippen LogP contribution in [-0.2, 0) is 0 Å². The smallest absolute Gasteiger partial charge is 0.152 e. The number of hydrogen-bond acceptors (Lipinski definition) is 4. The summed E-state index contributed by atoms with van der Waals surface area (Å²) in [5.41, 5.74) is 6.14. The maximum absolute atomic E-state index is 10.5. The highest BCUT2D eigenvalue weighted by atomic mass is 16.1. The summed E-state index contributed by atoms with van der Waals surface area (Å²) in [6.07, 6.45) is 1.57. The standard InChI is InChI=1S/C9H7NO3/c10-9-7(4-12)1-6(3-11)2-8(9)5-13/h1-5H,10H2. The fourth-order valence-corrected chi connectivity index (χ4v) is 0.986. The molecule has 0 unspecified atom stereocenters. The number of carbonyl (C=O) groups excluding carboxylic acids is 3. The van der Waals surface area contributed by atoms with E-state index in [0.29, 0.717) is 18.9 Å². The second-order valence-corrected chi connectivity index (χ2v) is 2.47. The summed E-state index contributed by atoms with van der Waals surface area (Å²) in [5, 5.41) is 0. The molecule has 66 valence electrons. The number of rotatable bonds is 3. The van der Waals surface area contributed by atoms with E-state index in [0.717, 1.165) is 0 Å². The Balaban J connectivity index is 3.44. The molecule has 13 heavy (non-hydrogen) atoms. The molecule has 0 radical (unpaired) electrons. The molecule has 0 aliphatic heterocycles. The first-order valence-corrected chi connectivity index (χ1v) is 3.52. The van der Waals surface area contributed by atoms with Crippen LogP contribution in [0.25, 0.3) is 0 Å². The molecule has 0 fully saturated rings. The van der Waals surface area contributed by atoms with Crippen molar-refractivity contribution < 1.29 is 14.4 Å². The largest absolute Gasteiger partial charge is 0.398 e. The average molecular weight is 177 g/mol. The van der Waals surface area contributed by atoms with Crippen molar-refractivity contribution in [3.63, 3.8) is 0 Å². The highest BCUT2D eigenvalue weighted by molar-refractivity contribution is 5.96. The normalized spacial score (nSPS) is 9.23. The lowest BCUT2D eigenvalue weighted by molar-refractivity contribution is 0.112. The molecule has 1 rings (SSSR count). The number of aldehydes is 3. The zero-order valence-corrected chi connectivity index (χ0v) is 6.69. The molecule has 0 aromatic heterocycles. The van der Waals surface area contributed by atoms with Crippen LogP contribution >= 0.6 is 0 Å². The fourth-order valence-electron chi connectivity index (χ4n) is 0.986. The van der Waals surface area contributed by atoms with Gasteiger partial charge in [-0.2, -0.15) is 0 Å². The minimum absolute atomic E-state index is 0.107. The summed E-state index contributed by atoms with van der Waals surface area (Å²) in [6, 6.07) is 2.67. The van der Waals surface area contributed by atoms with Crippen LogP contribution in [0.4, 0.5) is 5.69 Å². The van der Waals surface area contributed by atoms with Crippen LogP contribution in [0.5, 0.6) is 0 Å². The van der Waals surface area contributed by atoms with Gasteiger partial charge >= 0.3 is 0 Å². The van der Waals surface area contributed by atoms with Crippen LogP contribution < -0.4 is 5.73 Å². The molecule has 0 atom stereocenters. The van der Waals surface area contributed by atoms with Crippen molar-refractivity contribution in [3.05, 3.63) is 28.8 Å². The Kier molecular flexibility index (Phi) is 2.54. The summed E-state index contributed by atoms with van der Waals surface area (Å²) < 4.78 is 0. The molecule has 0 aliphatic carbocycles. The summed E-state index contributed by atoms with van der Waals surface area (Å²) in [6.45, 7) is 0. The SMILES string of the molecule is Nc1c(C=O)cc(C=O)cc1C=O. The monoisotopic (exact) mass is 177 g/mol. The minimum Gasteiger partial charge on any atom is -0.398 e. The van der Waals surface area contributed by atoms with E-state index >= 15 is 0 Å². The van der Waals surface area contributed by atoms with E-state index in [4.69, 9.17) is 5.73 Å². The number of benzene rings is 1. The van der Waals surface area contributed by atoms with Gasteiger partial charge in [0, 0.05) is 16.7 Å². The molecule has 0 saturated carbocycles. The molecular formula is C9H7NO3. The molecule has 1 aromatic rings. The van der Waals surface area contributed by atoms with Gasteiger partial charge in [0.15, 0.2) is 12.6 Å². The van der Waals surface area contributed by atoms with Gasteiger partial charge in [0.25, 0.3) is 0 Å². The van der Waals surface area contributed by atoms with E-state index < -0.39 is 0 Å². The molecule has 0 saturated heterocycles. The summed E-state index contributed by atoms with van der Waals surface area (Å²) in [7, 11) is 0. The molecule has 1 aromatic carbocycles. The summed E-state index contributed by atoms with van der Waals surface area (Å²) in [4.78, 5) is 31.3. The number of hydrogen-bond donors (Lipinski definition) is 1. The maximum atomic E-state index is 10.5. The van der Waals surface area contributed by atoms with Gasteiger partial charge in [0.1, 0.15) is 6.29 Å². The number of anilines is 1.